The van der Waals surface area contributed by atoms with Crippen molar-refractivity contribution in [2.24, 2.45) is 17.3 Å². The molecule has 0 spiro atoms. The van der Waals surface area contributed by atoms with Crippen LogP contribution in [-0.2, 0) is 0 Å². The Morgan fingerprint density at radius 3 is 2.48 bits per heavy atom. The summed E-state index contributed by atoms with van der Waals surface area (Å²) in [6.45, 7) is 14.3. The van der Waals surface area contributed by atoms with Crippen molar-refractivity contribution in [3.8, 4) is 5.75 Å². The van der Waals surface area contributed by atoms with Gasteiger partial charge < -0.3 is 10.1 Å². The molecule has 0 bridgehead atoms. The first-order chi connectivity index (χ1) is 9.79. The van der Waals surface area contributed by atoms with Gasteiger partial charge in [0.15, 0.2) is 0 Å². The lowest BCUT2D eigenvalue weighted by atomic mass is 9.79. The zero-order valence-corrected chi connectivity index (χ0v) is 15.7. The maximum Gasteiger partial charge on any atom is 0.120 e. The van der Waals surface area contributed by atoms with E-state index in [9.17, 15) is 0 Å². The van der Waals surface area contributed by atoms with Crippen LogP contribution in [0.1, 0.15) is 41.0 Å². The first kappa shape index (κ1) is 18.5. The van der Waals surface area contributed by atoms with Gasteiger partial charge in [-0.25, -0.2) is 0 Å². The highest BCUT2D eigenvalue weighted by molar-refractivity contribution is 9.10. The van der Waals surface area contributed by atoms with Gasteiger partial charge in [0.1, 0.15) is 5.75 Å². The SMILES string of the molecule is CC(C)CNCC(CCOc1cccc(Br)c1)C(C)(C)C. The van der Waals surface area contributed by atoms with Crippen LogP contribution in [0.3, 0.4) is 0 Å². The van der Waals surface area contributed by atoms with Crippen molar-refractivity contribution < 1.29 is 4.74 Å². The maximum absolute atomic E-state index is 5.88. The monoisotopic (exact) mass is 355 g/mol. The van der Waals surface area contributed by atoms with Crippen molar-refractivity contribution in [2.45, 2.75) is 41.0 Å². The topological polar surface area (TPSA) is 21.3 Å². The Bertz CT molecular complexity index is 412. The predicted molar refractivity (Wildman–Crippen MR) is 94.9 cm³/mol. The molecule has 0 fully saturated rings. The number of nitrogens with one attached hydrogen (secondary N) is 1. The summed E-state index contributed by atoms with van der Waals surface area (Å²) < 4.78 is 6.94. The molecular weight excluding hydrogens is 326 g/mol. The van der Waals surface area contributed by atoms with Crippen LogP contribution >= 0.6 is 15.9 Å². The number of ether oxygens (including phenoxy) is 1. The Balaban J connectivity index is 2.42. The van der Waals surface area contributed by atoms with Gasteiger partial charge in [0, 0.05) is 4.47 Å². The minimum Gasteiger partial charge on any atom is -0.494 e. The van der Waals surface area contributed by atoms with E-state index in [2.05, 4.69) is 55.9 Å². The summed E-state index contributed by atoms with van der Waals surface area (Å²) in [7, 11) is 0. The van der Waals surface area contributed by atoms with Gasteiger partial charge in [-0.3, -0.25) is 0 Å². The van der Waals surface area contributed by atoms with Crippen molar-refractivity contribution in [1.82, 2.24) is 5.32 Å². The molecule has 3 heteroatoms. The molecule has 1 aromatic rings. The second-order valence-electron chi connectivity index (χ2n) is 7.21. The fourth-order valence-electron chi connectivity index (χ4n) is 2.26. The molecule has 0 radical (unpaired) electrons. The Kier molecular flexibility index (Phi) is 7.75. The van der Waals surface area contributed by atoms with Gasteiger partial charge in [-0.05, 0) is 55.0 Å². The third-order valence-corrected chi connectivity index (χ3v) is 4.19. The third-order valence-electron chi connectivity index (χ3n) is 3.70. The number of halogens is 1. The zero-order chi connectivity index (χ0) is 15.9. The predicted octanol–water partition coefficient (Wildman–Crippen LogP) is 5.13. The molecule has 0 heterocycles. The largest absolute Gasteiger partial charge is 0.494 e. The second kappa shape index (κ2) is 8.79. The molecule has 0 aliphatic carbocycles. The maximum atomic E-state index is 5.88. The van der Waals surface area contributed by atoms with Crippen molar-refractivity contribution in [3.63, 3.8) is 0 Å². The van der Waals surface area contributed by atoms with E-state index in [1.165, 1.54) is 0 Å². The highest BCUT2D eigenvalue weighted by Gasteiger charge is 2.24. The van der Waals surface area contributed by atoms with Gasteiger partial charge in [0.2, 0.25) is 0 Å². The van der Waals surface area contributed by atoms with E-state index in [0.717, 1.165) is 36.3 Å². The normalized spacial score (nSPS) is 13.5. The van der Waals surface area contributed by atoms with Crippen molar-refractivity contribution in [3.05, 3.63) is 28.7 Å². The molecule has 0 aromatic heterocycles. The summed E-state index contributed by atoms with van der Waals surface area (Å²) in [6, 6.07) is 8.04. The van der Waals surface area contributed by atoms with Crippen LogP contribution in [0, 0.1) is 17.3 Å². The number of benzene rings is 1. The quantitative estimate of drug-likeness (QED) is 0.698. The first-order valence-electron chi connectivity index (χ1n) is 7.88. The van der Waals surface area contributed by atoms with Crippen LogP contribution in [0.4, 0.5) is 0 Å². The van der Waals surface area contributed by atoms with Crippen LogP contribution in [0.5, 0.6) is 5.75 Å². The van der Waals surface area contributed by atoms with Gasteiger partial charge >= 0.3 is 0 Å². The van der Waals surface area contributed by atoms with Gasteiger partial charge in [0.05, 0.1) is 6.61 Å². The molecule has 1 aromatic carbocycles. The first-order valence-corrected chi connectivity index (χ1v) is 8.67. The van der Waals surface area contributed by atoms with E-state index in [-0.39, 0.29) is 0 Å². The average molecular weight is 356 g/mol. The van der Waals surface area contributed by atoms with E-state index in [1.54, 1.807) is 0 Å². The Morgan fingerprint density at radius 2 is 1.90 bits per heavy atom. The summed E-state index contributed by atoms with van der Waals surface area (Å²) in [6.07, 6.45) is 1.07. The molecule has 120 valence electrons. The van der Waals surface area contributed by atoms with E-state index < -0.39 is 0 Å². The molecular formula is C18H30BrNO. The highest BCUT2D eigenvalue weighted by atomic mass is 79.9. The summed E-state index contributed by atoms with van der Waals surface area (Å²) in [5, 5.41) is 3.59. The third kappa shape index (κ3) is 7.87. The lowest BCUT2D eigenvalue weighted by Crippen LogP contribution is -2.34. The fraction of sp³-hybridized carbons (Fsp3) is 0.667. The van der Waals surface area contributed by atoms with Crippen LogP contribution in [-0.4, -0.2) is 19.7 Å². The van der Waals surface area contributed by atoms with Gasteiger partial charge in [-0.1, -0.05) is 56.6 Å². The van der Waals surface area contributed by atoms with Gasteiger partial charge in [0.25, 0.3) is 0 Å². The summed E-state index contributed by atoms with van der Waals surface area (Å²) in [5.74, 6) is 2.25. The molecule has 0 amide bonds. The summed E-state index contributed by atoms with van der Waals surface area (Å²) >= 11 is 3.47. The average Bonchev–Trinajstić information content (AvgIpc) is 2.35. The molecule has 1 N–H and O–H groups in total. The Morgan fingerprint density at radius 1 is 1.19 bits per heavy atom. The second-order valence-corrected chi connectivity index (χ2v) is 8.13. The molecule has 2 nitrogen and oxygen atoms in total. The summed E-state index contributed by atoms with van der Waals surface area (Å²) in [4.78, 5) is 0. The minimum absolute atomic E-state index is 0.296. The van der Waals surface area contributed by atoms with E-state index in [0.29, 0.717) is 17.3 Å². The number of hydrogen-bond acceptors (Lipinski definition) is 2. The minimum atomic E-state index is 0.296. The molecule has 1 atom stereocenters. The number of hydrogen-bond donors (Lipinski definition) is 1. The molecule has 0 saturated heterocycles. The van der Waals surface area contributed by atoms with Crippen LogP contribution in [0.25, 0.3) is 0 Å². The zero-order valence-electron chi connectivity index (χ0n) is 14.1. The Hall–Kier alpha value is -0.540. The van der Waals surface area contributed by atoms with Crippen molar-refractivity contribution >= 4 is 15.9 Å². The Labute approximate surface area is 138 Å². The van der Waals surface area contributed by atoms with Crippen molar-refractivity contribution in [1.29, 1.82) is 0 Å². The van der Waals surface area contributed by atoms with Crippen molar-refractivity contribution in [2.75, 3.05) is 19.7 Å². The lowest BCUT2D eigenvalue weighted by molar-refractivity contribution is 0.178. The van der Waals surface area contributed by atoms with Gasteiger partial charge in [-0.15, -0.1) is 0 Å². The number of rotatable bonds is 8. The standard InChI is InChI=1S/C18H30BrNO/c1-14(2)12-20-13-15(18(3,4)5)9-10-21-17-8-6-7-16(19)11-17/h6-8,11,14-15,20H,9-10,12-13H2,1-5H3. The van der Waals surface area contributed by atoms with Crippen LogP contribution in [0.15, 0.2) is 28.7 Å². The summed E-state index contributed by atoms with van der Waals surface area (Å²) in [5.41, 5.74) is 0.296. The van der Waals surface area contributed by atoms with Gasteiger partial charge in [-0.2, -0.15) is 0 Å². The highest BCUT2D eigenvalue weighted by Crippen LogP contribution is 2.28. The van der Waals surface area contributed by atoms with Crippen LogP contribution < -0.4 is 10.1 Å². The molecule has 0 saturated carbocycles. The molecule has 1 rings (SSSR count). The lowest BCUT2D eigenvalue weighted by Gasteiger charge is -2.31. The molecule has 1 unspecified atom stereocenters. The van der Waals surface area contributed by atoms with E-state index in [1.807, 2.05) is 24.3 Å². The molecule has 0 aliphatic heterocycles. The smallest absolute Gasteiger partial charge is 0.120 e. The fourth-order valence-corrected chi connectivity index (χ4v) is 2.64. The molecule has 0 aliphatic rings. The van der Waals surface area contributed by atoms with E-state index >= 15 is 0 Å². The molecule has 21 heavy (non-hydrogen) atoms. The van der Waals surface area contributed by atoms with Crippen LogP contribution in [0.2, 0.25) is 0 Å². The van der Waals surface area contributed by atoms with E-state index in [4.69, 9.17) is 4.74 Å².